The zero-order valence-electron chi connectivity index (χ0n) is 11.0. The van der Waals surface area contributed by atoms with E-state index in [1.54, 1.807) is 0 Å². The topological polar surface area (TPSA) is 37.1 Å². The second-order valence-corrected chi connectivity index (χ2v) is 5.15. The second-order valence-electron chi connectivity index (χ2n) is 5.15. The molecule has 0 fully saturated rings. The molecule has 0 bridgehead atoms. The number of rotatable bonds is 3. The minimum atomic E-state index is 0.338. The first-order valence-electron chi connectivity index (χ1n) is 6.81. The van der Waals surface area contributed by atoms with Gasteiger partial charge in [0, 0.05) is 18.2 Å². The first-order valence-corrected chi connectivity index (χ1v) is 6.81. The Kier molecular flexibility index (Phi) is 4.46. The lowest BCUT2D eigenvalue weighted by Gasteiger charge is -2.23. The largest absolute Gasteiger partial charge is 0.297 e. The van der Waals surface area contributed by atoms with Gasteiger partial charge in [0.15, 0.2) is 0 Å². The molecule has 0 amide bonds. The third kappa shape index (κ3) is 3.48. The molecule has 0 aromatic rings. The van der Waals surface area contributed by atoms with E-state index in [-0.39, 0.29) is 0 Å². The molecule has 0 radical (unpaired) electrons. The van der Waals surface area contributed by atoms with Crippen LogP contribution in [0, 0.1) is 5.92 Å². The van der Waals surface area contributed by atoms with Crippen molar-refractivity contribution in [1.29, 1.82) is 0 Å². The molecule has 17 heavy (non-hydrogen) atoms. The van der Waals surface area contributed by atoms with Crippen LogP contribution in [0.5, 0.6) is 0 Å². The van der Waals surface area contributed by atoms with Gasteiger partial charge in [0.2, 0.25) is 0 Å². The maximum atomic E-state index is 4.87. The van der Waals surface area contributed by atoms with E-state index in [0.717, 1.165) is 25.8 Å². The normalized spacial score (nSPS) is 31.5. The van der Waals surface area contributed by atoms with Gasteiger partial charge in [-0.25, -0.2) is 0 Å². The molecule has 2 aliphatic rings. The average molecular weight is 233 g/mol. The molecule has 2 aliphatic heterocycles. The average Bonchev–Trinajstić information content (AvgIpc) is 2.40. The van der Waals surface area contributed by atoms with Crippen molar-refractivity contribution in [3.63, 3.8) is 0 Å². The summed E-state index contributed by atoms with van der Waals surface area (Å²) < 4.78 is 0. The Labute approximate surface area is 104 Å². The van der Waals surface area contributed by atoms with E-state index in [4.69, 9.17) is 4.99 Å². The van der Waals surface area contributed by atoms with Gasteiger partial charge in [-0.1, -0.05) is 0 Å². The van der Waals surface area contributed by atoms with Crippen LogP contribution in [0.4, 0.5) is 0 Å². The van der Waals surface area contributed by atoms with Crippen LogP contribution >= 0.6 is 0 Å². The van der Waals surface area contributed by atoms with Gasteiger partial charge in [0.05, 0.1) is 12.1 Å². The van der Waals surface area contributed by atoms with Gasteiger partial charge in [0.1, 0.15) is 0 Å². The van der Waals surface area contributed by atoms with Crippen molar-refractivity contribution in [2.45, 2.75) is 58.0 Å². The van der Waals surface area contributed by atoms with E-state index in [9.17, 15) is 0 Å². The van der Waals surface area contributed by atoms with Crippen molar-refractivity contribution in [2.75, 3.05) is 6.54 Å². The molecule has 0 aromatic heterocycles. The Morgan fingerprint density at radius 1 is 1.35 bits per heavy atom. The second kappa shape index (κ2) is 6.08. The quantitative estimate of drug-likeness (QED) is 0.672. The van der Waals surface area contributed by atoms with E-state index in [1.165, 1.54) is 18.6 Å². The third-order valence-electron chi connectivity index (χ3n) is 3.81. The van der Waals surface area contributed by atoms with Gasteiger partial charge in [-0.2, -0.15) is 0 Å². The van der Waals surface area contributed by atoms with E-state index >= 15 is 0 Å². The first kappa shape index (κ1) is 12.5. The number of aliphatic imine (C=N–C) groups is 3. The number of nitrogens with zero attached hydrogens (tertiary/aromatic N) is 3. The first-order chi connectivity index (χ1) is 8.27. The van der Waals surface area contributed by atoms with Crippen LogP contribution in [-0.4, -0.2) is 36.8 Å². The number of hydrogen-bond acceptors (Lipinski definition) is 3. The van der Waals surface area contributed by atoms with E-state index in [0.29, 0.717) is 18.0 Å². The molecule has 0 aromatic carbocycles. The van der Waals surface area contributed by atoms with Crippen LogP contribution in [0.25, 0.3) is 0 Å². The summed E-state index contributed by atoms with van der Waals surface area (Å²) in [5.74, 6) is 0.613. The summed E-state index contributed by atoms with van der Waals surface area (Å²) in [6.07, 6.45) is 9.95. The lowest BCUT2D eigenvalue weighted by molar-refractivity contribution is 0.498. The zero-order valence-corrected chi connectivity index (χ0v) is 11.0. The Balaban J connectivity index is 1.94. The fourth-order valence-electron chi connectivity index (χ4n) is 2.60. The number of hydrogen-bond donors (Lipinski definition) is 0. The molecule has 0 saturated carbocycles. The van der Waals surface area contributed by atoms with E-state index < -0.39 is 0 Å². The van der Waals surface area contributed by atoms with Gasteiger partial charge < -0.3 is 0 Å². The highest BCUT2D eigenvalue weighted by molar-refractivity contribution is 5.87. The van der Waals surface area contributed by atoms with Crippen LogP contribution < -0.4 is 0 Å². The maximum absolute atomic E-state index is 4.87. The SMILES string of the molecule is C/C(=N\C(C)C1CCCC=N1)C1CC=NCC1. The summed E-state index contributed by atoms with van der Waals surface area (Å²) in [6, 6.07) is 0.751. The van der Waals surface area contributed by atoms with Crippen LogP contribution in [0.3, 0.4) is 0 Å². The Hall–Kier alpha value is -0.990. The highest BCUT2D eigenvalue weighted by Gasteiger charge is 2.19. The molecule has 0 saturated heterocycles. The summed E-state index contributed by atoms with van der Waals surface area (Å²) in [6.45, 7) is 5.34. The maximum Gasteiger partial charge on any atom is 0.0716 e. The summed E-state index contributed by atoms with van der Waals surface area (Å²) in [5, 5.41) is 0. The van der Waals surface area contributed by atoms with Crippen molar-refractivity contribution in [1.82, 2.24) is 0 Å². The van der Waals surface area contributed by atoms with Gasteiger partial charge in [-0.05, 0) is 58.4 Å². The molecule has 3 unspecified atom stereocenters. The Bertz CT molecular complexity index is 330. The van der Waals surface area contributed by atoms with Crippen LogP contribution in [0.1, 0.15) is 46.0 Å². The lowest BCUT2D eigenvalue weighted by atomic mass is 9.94. The predicted molar refractivity (Wildman–Crippen MR) is 74.8 cm³/mol. The van der Waals surface area contributed by atoms with Gasteiger partial charge in [-0.3, -0.25) is 15.0 Å². The van der Waals surface area contributed by atoms with Crippen molar-refractivity contribution in [3.8, 4) is 0 Å². The monoisotopic (exact) mass is 233 g/mol. The molecule has 2 rings (SSSR count). The fourth-order valence-corrected chi connectivity index (χ4v) is 2.60. The minimum Gasteiger partial charge on any atom is -0.297 e. The Morgan fingerprint density at radius 2 is 2.24 bits per heavy atom. The van der Waals surface area contributed by atoms with E-state index in [2.05, 4.69) is 36.3 Å². The van der Waals surface area contributed by atoms with Crippen LogP contribution in [0.2, 0.25) is 0 Å². The Morgan fingerprint density at radius 3 is 2.88 bits per heavy atom. The summed E-state index contributed by atoms with van der Waals surface area (Å²) in [7, 11) is 0. The summed E-state index contributed by atoms with van der Waals surface area (Å²) in [4.78, 5) is 13.7. The summed E-state index contributed by atoms with van der Waals surface area (Å²) in [5.41, 5.74) is 1.30. The molecule has 94 valence electrons. The summed E-state index contributed by atoms with van der Waals surface area (Å²) >= 11 is 0. The van der Waals surface area contributed by atoms with Crippen LogP contribution in [0.15, 0.2) is 15.0 Å². The van der Waals surface area contributed by atoms with Crippen molar-refractivity contribution >= 4 is 18.1 Å². The van der Waals surface area contributed by atoms with Gasteiger partial charge >= 0.3 is 0 Å². The third-order valence-corrected chi connectivity index (χ3v) is 3.81. The van der Waals surface area contributed by atoms with Crippen molar-refractivity contribution < 1.29 is 0 Å². The van der Waals surface area contributed by atoms with Gasteiger partial charge in [0.25, 0.3) is 0 Å². The molecule has 3 heteroatoms. The molecular weight excluding hydrogens is 210 g/mol. The zero-order chi connectivity index (χ0) is 12.1. The smallest absolute Gasteiger partial charge is 0.0716 e. The fraction of sp³-hybridized carbons (Fsp3) is 0.786. The van der Waals surface area contributed by atoms with E-state index in [1.807, 2.05) is 0 Å². The molecular formula is C14H23N3. The minimum absolute atomic E-state index is 0.338. The molecule has 0 N–H and O–H groups in total. The van der Waals surface area contributed by atoms with Crippen molar-refractivity contribution in [3.05, 3.63) is 0 Å². The molecule has 3 nitrogen and oxygen atoms in total. The lowest BCUT2D eigenvalue weighted by Crippen LogP contribution is -2.25. The van der Waals surface area contributed by atoms with Gasteiger partial charge in [-0.15, -0.1) is 0 Å². The van der Waals surface area contributed by atoms with Crippen molar-refractivity contribution in [2.24, 2.45) is 20.9 Å². The predicted octanol–water partition coefficient (Wildman–Crippen LogP) is 2.94. The highest BCUT2D eigenvalue weighted by Crippen LogP contribution is 2.19. The standard InChI is InChI=1S/C14H23N3/c1-11(13-6-9-15-10-7-13)17-12(2)14-5-3-4-8-16-14/h8-9,12-14H,3-7,10H2,1-2H3/b17-11+. The van der Waals surface area contributed by atoms with Crippen LogP contribution in [-0.2, 0) is 0 Å². The molecule has 3 atom stereocenters. The molecule has 2 heterocycles. The molecule has 0 spiro atoms. The highest BCUT2D eigenvalue weighted by atomic mass is 14.9. The molecule has 0 aliphatic carbocycles.